The van der Waals surface area contributed by atoms with Crippen molar-refractivity contribution in [3.8, 4) is 0 Å². The molecule has 2 saturated heterocycles. The minimum Gasteiger partial charge on any atom is -0.380 e. The summed E-state index contributed by atoms with van der Waals surface area (Å²) in [7, 11) is 0. The molecule has 0 aromatic heterocycles. The summed E-state index contributed by atoms with van der Waals surface area (Å²) in [6, 6.07) is 9.10. The van der Waals surface area contributed by atoms with Gasteiger partial charge in [-0.2, -0.15) is 0 Å². The zero-order chi connectivity index (χ0) is 21.2. The van der Waals surface area contributed by atoms with E-state index in [-0.39, 0.29) is 11.0 Å². The van der Waals surface area contributed by atoms with Gasteiger partial charge < -0.3 is 14.2 Å². The molecule has 0 spiro atoms. The first-order chi connectivity index (χ1) is 13.6. The quantitative estimate of drug-likeness (QED) is 0.436. The van der Waals surface area contributed by atoms with E-state index in [0.29, 0.717) is 17.4 Å². The van der Waals surface area contributed by atoms with Crippen LogP contribution < -0.4 is 0 Å². The van der Waals surface area contributed by atoms with E-state index in [4.69, 9.17) is 14.2 Å². The average molecular weight is 403 g/mol. The number of hydrogen-bond acceptors (Lipinski definition) is 3. The SMILES string of the molecule is CCC1(CCC(C)(C)c2ccc(COC(C)(C)CC3(CC)COC3)cc2)COC1. The molecule has 3 rings (SSSR count). The number of benzene rings is 1. The molecule has 1 aromatic carbocycles. The first-order valence-corrected chi connectivity index (χ1v) is 11.5. The minimum atomic E-state index is -0.128. The molecule has 2 aliphatic heterocycles. The fourth-order valence-electron chi connectivity index (χ4n) is 4.74. The molecule has 0 bridgehead atoms. The Hall–Kier alpha value is -0.900. The molecule has 164 valence electrons. The van der Waals surface area contributed by atoms with Crippen LogP contribution in [0.2, 0.25) is 0 Å². The Kier molecular flexibility index (Phi) is 6.82. The number of rotatable bonds is 11. The van der Waals surface area contributed by atoms with Crippen molar-refractivity contribution in [2.75, 3.05) is 26.4 Å². The predicted octanol–water partition coefficient (Wildman–Crippen LogP) is 6.28. The summed E-state index contributed by atoms with van der Waals surface area (Å²) < 4.78 is 17.3. The lowest BCUT2D eigenvalue weighted by molar-refractivity contribution is -0.161. The summed E-state index contributed by atoms with van der Waals surface area (Å²) in [5, 5.41) is 0. The van der Waals surface area contributed by atoms with Crippen LogP contribution in [0.15, 0.2) is 24.3 Å². The van der Waals surface area contributed by atoms with Crippen LogP contribution in [0, 0.1) is 10.8 Å². The molecular formula is C26H42O3. The Labute approximate surface area is 178 Å². The molecule has 29 heavy (non-hydrogen) atoms. The van der Waals surface area contributed by atoms with Gasteiger partial charge in [-0.15, -0.1) is 0 Å². The van der Waals surface area contributed by atoms with Crippen LogP contribution in [-0.2, 0) is 26.2 Å². The van der Waals surface area contributed by atoms with Crippen LogP contribution in [0.5, 0.6) is 0 Å². The summed E-state index contributed by atoms with van der Waals surface area (Å²) >= 11 is 0. The Bertz CT molecular complexity index is 640. The predicted molar refractivity (Wildman–Crippen MR) is 119 cm³/mol. The van der Waals surface area contributed by atoms with Gasteiger partial charge in [-0.1, -0.05) is 52.0 Å². The van der Waals surface area contributed by atoms with Crippen molar-refractivity contribution >= 4 is 0 Å². The Morgan fingerprint density at radius 3 is 1.86 bits per heavy atom. The fourth-order valence-corrected chi connectivity index (χ4v) is 4.74. The molecule has 3 nitrogen and oxygen atoms in total. The van der Waals surface area contributed by atoms with E-state index in [2.05, 4.69) is 65.8 Å². The molecule has 0 aliphatic carbocycles. The Balaban J connectivity index is 1.52. The maximum absolute atomic E-state index is 6.33. The zero-order valence-corrected chi connectivity index (χ0v) is 19.6. The van der Waals surface area contributed by atoms with Gasteiger partial charge >= 0.3 is 0 Å². The summed E-state index contributed by atoms with van der Waals surface area (Å²) in [6.07, 6.45) is 5.90. The third-order valence-corrected chi connectivity index (χ3v) is 7.58. The lowest BCUT2D eigenvalue weighted by atomic mass is 9.72. The molecule has 1 aromatic rings. The molecule has 0 N–H and O–H groups in total. The second kappa shape index (κ2) is 8.69. The topological polar surface area (TPSA) is 27.7 Å². The zero-order valence-electron chi connectivity index (χ0n) is 19.6. The van der Waals surface area contributed by atoms with Crippen molar-refractivity contribution in [3.63, 3.8) is 0 Å². The molecule has 3 heteroatoms. The molecule has 0 saturated carbocycles. The van der Waals surface area contributed by atoms with Gasteiger partial charge in [0.15, 0.2) is 0 Å². The van der Waals surface area contributed by atoms with Gasteiger partial charge in [0.1, 0.15) is 0 Å². The fraction of sp³-hybridized carbons (Fsp3) is 0.769. The van der Waals surface area contributed by atoms with Gasteiger partial charge in [-0.25, -0.2) is 0 Å². The van der Waals surface area contributed by atoms with E-state index in [1.807, 2.05) is 0 Å². The van der Waals surface area contributed by atoms with E-state index < -0.39 is 0 Å². The van der Waals surface area contributed by atoms with Crippen LogP contribution in [0.4, 0.5) is 0 Å². The van der Waals surface area contributed by atoms with Crippen LogP contribution >= 0.6 is 0 Å². The second-order valence-electron chi connectivity index (χ2n) is 11.0. The minimum absolute atomic E-state index is 0.128. The van der Waals surface area contributed by atoms with Crippen LogP contribution in [-0.4, -0.2) is 32.0 Å². The largest absolute Gasteiger partial charge is 0.380 e. The molecule has 2 fully saturated rings. The van der Waals surface area contributed by atoms with Gasteiger partial charge in [-0.05, 0) is 62.5 Å². The molecule has 0 unspecified atom stereocenters. The molecular weight excluding hydrogens is 360 g/mol. The van der Waals surface area contributed by atoms with E-state index in [0.717, 1.165) is 39.3 Å². The Morgan fingerprint density at radius 1 is 0.862 bits per heavy atom. The molecule has 0 radical (unpaired) electrons. The number of ether oxygens (including phenoxy) is 3. The van der Waals surface area contributed by atoms with Gasteiger partial charge in [0.05, 0.1) is 38.6 Å². The highest BCUT2D eigenvalue weighted by molar-refractivity contribution is 5.28. The number of hydrogen-bond donors (Lipinski definition) is 0. The van der Waals surface area contributed by atoms with Crippen molar-refractivity contribution in [1.29, 1.82) is 0 Å². The van der Waals surface area contributed by atoms with Crippen molar-refractivity contribution in [3.05, 3.63) is 35.4 Å². The second-order valence-corrected chi connectivity index (χ2v) is 11.0. The monoisotopic (exact) mass is 402 g/mol. The van der Waals surface area contributed by atoms with Crippen LogP contribution in [0.3, 0.4) is 0 Å². The van der Waals surface area contributed by atoms with E-state index in [9.17, 15) is 0 Å². The van der Waals surface area contributed by atoms with Crippen molar-refractivity contribution < 1.29 is 14.2 Å². The summed E-state index contributed by atoms with van der Waals surface area (Å²) in [5.74, 6) is 0. The summed E-state index contributed by atoms with van der Waals surface area (Å²) in [6.45, 7) is 18.0. The van der Waals surface area contributed by atoms with Gasteiger partial charge in [-0.3, -0.25) is 0 Å². The Morgan fingerprint density at radius 2 is 1.41 bits per heavy atom. The smallest absolute Gasteiger partial charge is 0.0724 e. The van der Waals surface area contributed by atoms with Crippen molar-refractivity contribution in [2.45, 2.75) is 91.3 Å². The van der Waals surface area contributed by atoms with Gasteiger partial charge in [0, 0.05) is 10.8 Å². The summed E-state index contributed by atoms with van der Waals surface area (Å²) in [4.78, 5) is 0. The highest BCUT2D eigenvalue weighted by atomic mass is 16.5. The van der Waals surface area contributed by atoms with Crippen molar-refractivity contribution in [2.24, 2.45) is 10.8 Å². The highest BCUT2D eigenvalue weighted by Gasteiger charge is 2.42. The third-order valence-electron chi connectivity index (χ3n) is 7.58. The van der Waals surface area contributed by atoms with E-state index in [1.54, 1.807) is 0 Å². The third kappa shape index (κ3) is 5.42. The van der Waals surface area contributed by atoms with E-state index >= 15 is 0 Å². The molecule has 0 amide bonds. The molecule has 2 aliphatic rings. The van der Waals surface area contributed by atoms with Crippen LogP contribution in [0.1, 0.15) is 84.8 Å². The first kappa shape index (κ1) is 22.8. The van der Waals surface area contributed by atoms with Gasteiger partial charge in [0.2, 0.25) is 0 Å². The maximum atomic E-state index is 6.33. The lowest BCUT2D eigenvalue weighted by Gasteiger charge is -2.45. The summed E-state index contributed by atoms with van der Waals surface area (Å²) in [5.41, 5.74) is 3.48. The highest BCUT2D eigenvalue weighted by Crippen LogP contribution is 2.42. The first-order valence-electron chi connectivity index (χ1n) is 11.5. The standard InChI is InChI=1S/C26H42O3/c1-7-25(17-27-18-25)14-13-23(3,4)22-11-9-21(10-12-22)15-29-24(5,6)16-26(8-2)19-28-20-26/h9-12H,7-8,13-20H2,1-6H3. The lowest BCUT2D eigenvalue weighted by Crippen LogP contribution is -2.47. The average Bonchev–Trinajstić information content (AvgIpc) is 2.63. The van der Waals surface area contributed by atoms with E-state index in [1.165, 1.54) is 30.4 Å². The van der Waals surface area contributed by atoms with Gasteiger partial charge in [0.25, 0.3) is 0 Å². The molecule has 2 heterocycles. The molecule has 0 atom stereocenters. The maximum Gasteiger partial charge on any atom is 0.0724 e. The van der Waals surface area contributed by atoms with Crippen molar-refractivity contribution in [1.82, 2.24) is 0 Å². The van der Waals surface area contributed by atoms with Crippen LogP contribution in [0.25, 0.3) is 0 Å². The normalized spacial score (nSPS) is 20.8.